The summed E-state index contributed by atoms with van der Waals surface area (Å²) in [7, 11) is 2.26. The average molecular weight is 226 g/mol. The van der Waals surface area contributed by atoms with Crippen molar-refractivity contribution in [2.24, 2.45) is 23.0 Å². The first-order valence-corrected chi connectivity index (χ1v) is 6.74. The monoisotopic (exact) mass is 226 g/mol. The van der Waals surface area contributed by atoms with Gasteiger partial charge >= 0.3 is 0 Å². The highest BCUT2D eigenvalue weighted by molar-refractivity contribution is 4.85. The van der Waals surface area contributed by atoms with Crippen molar-refractivity contribution in [3.63, 3.8) is 0 Å². The van der Waals surface area contributed by atoms with Crippen LogP contribution in [0.3, 0.4) is 0 Å². The van der Waals surface area contributed by atoms with Crippen LogP contribution in [0.5, 0.6) is 0 Å². The highest BCUT2D eigenvalue weighted by Crippen LogP contribution is 2.35. The molecule has 0 aromatic heterocycles. The van der Waals surface area contributed by atoms with Crippen LogP contribution in [0.2, 0.25) is 0 Å². The fourth-order valence-electron chi connectivity index (χ4n) is 2.60. The van der Waals surface area contributed by atoms with Gasteiger partial charge in [0, 0.05) is 12.6 Å². The first kappa shape index (κ1) is 14.0. The van der Waals surface area contributed by atoms with Crippen molar-refractivity contribution in [3.05, 3.63) is 0 Å². The summed E-state index contributed by atoms with van der Waals surface area (Å²) < 4.78 is 0. The minimum atomic E-state index is 0.397. The van der Waals surface area contributed by atoms with E-state index in [0.717, 1.165) is 25.0 Å². The van der Waals surface area contributed by atoms with Crippen molar-refractivity contribution in [3.8, 4) is 0 Å². The van der Waals surface area contributed by atoms with Crippen LogP contribution in [0.25, 0.3) is 0 Å². The summed E-state index contributed by atoms with van der Waals surface area (Å²) in [5.74, 6) is 1.60. The maximum Gasteiger partial charge on any atom is 0.00922 e. The second-order valence-corrected chi connectivity index (χ2v) is 6.88. The van der Waals surface area contributed by atoms with E-state index in [2.05, 4.69) is 39.6 Å². The Morgan fingerprint density at radius 2 is 1.88 bits per heavy atom. The first-order chi connectivity index (χ1) is 7.33. The molecule has 0 aromatic rings. The molecule has 96 valence electrons. The van der Waals surface area contributed by atoms with E-state index in [9.17, 15) is 0 Å². The normalized spacial score (nSPS) is 21.2. The van der Waals surface area contributed by atoms with Gasteiger partial charge < -0.3 is 10.6 Å². The molecule has 2 atom stereocenters. The highest BCUT2D eigenvalue weighted by atomic mass is 15.1. The smallest absolute Gasteiger partial charge is 0.00922 e. The lowest BCUT2D eigenvalue weighted by atomic mass is 9.84. The lowest BCUT2D eigenvalue weighted by molar-refractivity contribution is 0.173. The maximum atomic E-state index is 5.89. The quantitative estimate of drug-likeness (QED) is 0.754. The Balaban J connectivity index is 2.36. The number of nitrogens with two attached hydrogens (primary N) is 1. The molecule has 2 N–H and O–H groups in total. The Hall–Kier alpha value is -0.0800. The fraction of sp³-hybridized carbons (Fsp3) is 1.00. The summed E-state index contributed by atoms with van der Waals surface area (Å²) >= 11 is 0. The second kappa shape index (κ2) is 5.50. The van der Waals surface area contributed by atoms with Gasteiger partial charge in [-0.25, -0.2) is 0 Å². The zero-order valence-electron chi connectivity index (χ0n) is 11.8. The predicted molar refractivity (Wildman–Crippen MR) is 71.4 cm³/mol. The number of nitrogens with zero attached hydrogens (tertiary/aromatic N) is 1. The van der Waals surface area contributed by atoms with Gasteiger partial charge in [0.05, 0.1) is 0 Å². The Kier molecular flexibility index (Phi) is 4.81. The molecule has 1 rings (SSSR count). The Bertz CT molecular complexity index is 203. The molecule has 0 amide bonds. The van der Waals surface area contributed by atoms with Crippen molar-refractivity contribution in [2.75, 3.05) is 20.1 Å². The van der Waals surface area contributed by atoms with Crippen LogP contribution >= 0.6 is 0 Å². The molecule has 1 fully saturated rings. The van der Waals surface area contributed by atoms with Crippen molar-refractivity contribution in [1.82, 2.24) is 4.90 Å². The number of rotatable bonds is 6. The van der Waals surface area contributed by atoms with Crippen LogP contribution in [0.15, 0.2) is 0 Å². The minimum Gasteiger partial charge on any atom is -0.330 e. The van der Waals surface area contributed by atoms with E-state index in [-0.39, 0.29) is 0 Å². The summed E-state index contributed by atoms with van der Waals surface area (Å²) in [6.45, 7) is 11.3. The molecule has 0 aliphatic heterocycles. The lowest BCUT2D eigenvalue weighted by Crippen LogP contribution is -2.38. The van der Waals surface area contributed by atoms with Crippen LogP contribution in [0, 0.1) is 17.3 Å². The minimum absolute atomic E-state index is 0.397. The third-order valence-electron chi connectivity index (χ3n) is 3.78. The molecule has 0 heterocycles. The van der Waals surface area contributed by atoms with Crippen molar-refractivity contribution >= 4 is 0 Å². The van der Waals surface area contributed by atoms with E-state index in [0.29, 0.717) is 11.3 Å². The van der Waals surface area contributed by atoms with E-state index in [1.807, 2.05) is 0 Å². The topological polar surface area (TPSA) is 29.3 Å². The molecule has 0 aromatic carbocycles. The zero-order chi connectivity index (χ0) is 12.3. The maximum absolute atomic E-state index is 5.89. The number of hydrogen-bond acceptors (Lipinski definition) is 2. The molecule has 2 unspecified atom stereocenters. The molecular formula is C14H30N2. The summed E-state index contributed by atoms with van der Waals surface area (Å²) in [5.41, 5.74) is 6.29. The third-order valence-corrected chi connectivity index (χ3v) is 3.78. The third kappa shape index (κ3) is 4.84. The SMILES string of the molecule is CC(C1CC1)N(C)CC(CN)CC(C)(C)C. The van der Waals surface area contributed by atoms with Gasteiger partial charge in [0.15, 0.2) is 0 Å². The Morgan fingerprint density at radius 3 is 2.25 bits per heavy atom. The predicted octanol–water partition coefficient (Wildman–Crippen LogP) is 2.73. The first-order valence-electron chi connectivity index (χ1n) is 6.74. The summed E-state index contributed by atoms with van der Waals surface area (Å²) in [4.78, 5) is 2.51. The van der Waals surface area contributed by atoms with Gasteiger partial charge in [0.25, 0.3) is 0 Å². The van der Waals surface area contributed by atoms with Crippen molar-refractivity contribution in [1.29, 1.82) is 0 Å². The molecule has 1 saturated carbocycles. The van der Waals surface area contributed by atoms with E-state index in [1.165, 1.54) is 19.3 Å². The molecule has 1 aliphatic carbocycles. The molecule has 16 heavy (non-hydrogen) atoms. The van der Waals surface area contributed by atoms with Crippen LogP contribution in [0.1, 0.15) is 47.0 Å². The van der Waals surface area contributed by atoms with Gasteiger partial charge in [-0.05, 0) is 57.0 Å². The molecule has 2 heteroatoms. The molecular weight excluding hydrogens is 196 g/mol. The second-order valence-electron chi connectivity index (χ2n) is 6.88. The molecule has 0 bridgehead atoms. The van der Waals surface area contributed by atoms with Crippen molar-refractivity contribution in [2.45, 2.75) is 53.0 Å². The average Bonchev–Trinajstić information content (AvgIpc) is 2.96. The van der Waals surface area contributed by atoms with Gasteiger partial charge in [0.2, 0.25) is 0 Å². The Morgan fingerprint density at radius 1 is 1.31 bits per heavy atom. The number of hydrogen-bond donors (Lipinski definition) is 1. The van der Waals surface area contributed by atoms with E-state index in [1.54, 1.807) is 0 Å². The van der Waals surface area contributed by atoms with Crippen LogP contribution in [-0.4, -0.2) is 31.1 Å². The summed E-state index contributed by atoms with van der Waals surface area (Å²) in [6, 6.07) is 0.744. The summed E-state index contributed by atoms with van der Waals surface area (Å²) in [6.07, 6.45) is 4.08. The van der Waals surface area contributed by atoms with Gasteiger partial charge in [-0.15, -0.1) is 0 Å². The Labute approximate surface area is 102 Å². The molecule has 0 saturated heterocycles. The summed E-state index contributed by atoms with van der Waals surface area (Å²) in [5, 5.41) is 0. The van der Waals surface area contributed by atoms with Crippen molar-refractivity contribution < 1.29 is 0 Å². The van der Waals surface area contributed by atoms with Gasteiger partial charge in [0.1, 0.15) is 0 Å². The van der Waals surface area contributed by atoms with Gasteiger partial charge in [-0.1, -0.05) is 20.8 Å². The van der Waals surface area contributed by atoms with Crippen LogP contribution < -0.4 is 5.73 Å². The van der Waals surface area contributed by atoms with E-state index in [4.69, 9.17) is 5.73 Å². The van der Waals surface area contributed by atoms with E-state index >= 15 is 0 Å². The molecule has 0 spiro atoms. The molecule has 1 aliphatic rings. The van der Waals surface area contributed by atoms with Crippen LogP contribution in [-0.2, 0) is 0 Å². The fourth-order valence-corrected chi connectivity index (χ4v) is 2.60. The standard InChI is InChI=1S/C14H30N2/c1-11(13-6-7-13)16(5)10-12(9-15)8-14(2,3)4/h11-13H,6-10,15H2,1-5H3. The van der Waals surface area contributed by atoms with Crippen LogP contribution in [0.4, 0.5) is 0 Å². The largest absolute Gasteiger partial charge is 0.330 e. The lowest BCUT2D eigenvalue weighted by Gasteiger charge is -2.32. The zero-order valence-corrected chi connectivity index (χ0v) is 11.8. The molecule has 2 nitrogen and oxygen atoms in total. The van der Waals surface area contributed by atoms with Gasteiger partial charge in [-0.3, -0.25) is 0 Å². The highest BCUT2D eigenvalue weighted by Gasteiger charge is 2.31. The van der Waals surface area contributed by atoms with Gasteiger partial charge in [-0.2, -0.15) is 0 Å². The molecule has 0 radical (unpaired) electrons. The van der Waals surface area contributed by atoms with E-state index < -0.39 is 0 Å².